The van der Waals surface area contributed by atoms with Gasteiger partial charge in [0.1, 0.15) is 5.54 Å². The van der Waals surface area contributed by atoms with E-state index in [0.29, 0.717) is 6.54 Å². The number of esters is 1. The molecule has 0 unspecified atom stereocenters. The molecule has 2 N–H and O–H groups in total. The summed E-state index contributed by atoms with van der Waals surface area (Å²) >= 11 is 0. The maximum Gasteiger partial charge on any atom is 0.490 e. The van der Waals surface area contributed by atoms with Crippen molar-refractivity contribution >= 4 is 29.7 Å². The second-order valence-corrected chi connectivity index (χ2v) is 12.1. The molecule has 3 fully saturated rings. The molecule has 13 heteroatoms. The monoisotopic (exact) mass is 659 g/mol. The Morgan fingerprint density at radius 3 is 2.02 bits per heavy atom. The van der Waals surface area contributed by atoms with Crippen LogP contribution in [-0.4, -0.2) is 82.5 Å². The van der Waals surface area contributed by atoms with Crippen LogP contribution in [0.3, 0.4) is 0 Å². The minimum absolute atomic E-state index is 0.0175. The van der Waals surface area contributed by atoms with E-state index in [1.807, 2.05) is 67.6 Å². The standard InChI is InChI=1S/C32H39N3O5.C2HF3O2/c1-3-34(28(36)24-17-11-6-12-18-24)21-25-26-27(30(38)35(29(26)37)20-23-15-9-5-10-16-23)32(33-25,31(39)40-2)19-22-13-7-4-8-14-22;3-2(4,5)1(6)7/h4-5,7-10,13-16,24-27,33H,3,6,11-12,17-21H2,1-2H3;(H,6,7)/t25-,26+,27-,32-;/m1./s1. The first-order chi connectivity index (χ1) is 22.3. The minimum Gasteiger partial charge on any atom is -0.475 e. The number of ether oxygens (including phenoxy) is 1. The van der Waals surface area contributed by atoms with Gasteiger partial charge in [-0.15, -0.1) is 0 Å². The summed E-state index contributed by atoms with van der Waals surface area (Å²) in [5.41, 5.74) is 0.256. The van der Waals surface area contributed by atoms with Crippen LogP contribution in [0.4, 0.5) is 13.2 Å². The molecule has 2 aromatic carbocycles. The first-order valence-electron chi connectivity index (χ1n) is 15.7. The molecule has 3 aliphatic rings. The van der Waals surface area contributed by atoms with Crippen molar-refractivity contribution in [1.82, 2.24) is 15.1 Å². The number of imide groups is 1. The summed E-state index contributed by atoms with van der Waals surface area (Å²) in [4.78, 5) is 67.3. The van der Waals surface area contributed by atoms with Gasteiger partial charge in [-0.1, -0.05) is 79.9 Å². The van der Waals surface area contributed by atoms with Gasteiger partial charge in [-0.25, -0.2) is 4.79 Å². The summed E-state index contributed by atoms with van der Waals surface area (Å²) in [5, 5.41) is 10.6. The van der Waals surface area contributed by atoms with Crippen LogP contribution in [-0.2, 0) is 41.7 Å². The molecule has 47 heavy (non-hydrogen) atoms. The van der Waals surface area contributed by atoms with Gasteiger partial charge < -0.3 is 14.7 Å². The summed E-state index contributed by atoms with van der Waals surface area (Å²) in [5.74, 6) is -5.66. The highest BCUT2D eigenvalue weighted by atomic mass is 19.4. The molecule has 0 bridgehead atoms. The van der Waals surface area contributed by atoms with Crippen LogP contribution < -0.4 is 5.32 Å². The van der Waals surface area contributed by atoms with Gasteiger partial charge in [-0.05, 0) is 30.9 Å². The van der Waals surface area contributed by atoms with E-state index >= 15 is 0 Å². The molecule has 3 amide bonds. The topological polar surface area (TPSA) is 133 Å². The predicted molar refractivity (Wildman–Crippen MR) is 163 cm³/mol. The van der Waals surface area contributed by atoms with Gasteiger partial charge in [0.2, 0.25) is 17.7 Å². The van der Waals surface area contributed by atoms with Crippen molar-refractivity contribution in [2.24, 2.45) is 17.8 Å². The number of carbonyl (C=O) groups excluding carboxylic acids is 4. The fourth-order valence-electron chi connectivity index (χ4n) is 7.00. The van der Waals surface area contributed by atoms with Crippen LogP contribution in [0.1, 0.15) is 50.2 Å². The van der Waals surface area contributed by atoms with Crippen molar-refractivity contribution in [3.05, 3.63) is 71.8 Å². The van der Waals surface area contributed by atoms with Gasteiger partial charge in [-0.2, -0.15) is 13.2 Å². The number of likely N-dealkylation sites (N-methyl/N-ethyl adjacent to an activating group) is 1. The van der Waals surface area contributed by atoms with Crippen LogP contribution in [0.2, 0.25) is 0 Å². The van der Waals surface area contributed by atoms with E-state index in [1.54, 1.807) is 4.90 Å². The largest absolute Gasteiger partial charge is 0.490 e. The Kier molecular flexibility index (Phi) is 11.4. The van der Waals surface area contributed by atoms with Gasteiger partial charge in [0, 0.05) is 31.5 Å². The number of carboxylic acid groups (broad SMARTS) is 1. The van der Waals surface area contributed by atoms with Crippen LogP contribution in [0.5, 0.6) is 0 Å². The maximum atomic E-state index is 14.1. The zero-order valence-corrected chi connectivity index (χ0v) is 26.4. The average molecular weight is 660 g/mol. The smallest absolute Gasteiger partial charge is 0.475 e. The number of carboxylic acids is 1. The molecular weight excluding hydrogens is 619 g/mol. The van der Waals surface area contributed by atoms with E-state index in [4.69, 9.17) is 14.6 Å². The molecule has 2 saturated heterocycles. The lowest BCUT2D eigenvalue weighted by Gasteiger charge is -2.34. The summed E-state index contributed by atoms with van der Waals surface area (Å²) in [7, 11) is 1.31. The van der Waals surface area contributed by atoms with Gasteiger partial charge >= 0.3 is 18.1 Å². The second-order valence-electron chi connectivity index (χ2n) is 12.1. The number of amides is 3. The molecule has 2 aliphatic heterocycles. The Hall–Kier alpha value is -4.26. The number of hydrogen-bond donors (Lipinski definition) is 2. The molecule has 2 aromatic rings. The van der Waals surface area contributed by atoms with Crippen molar-refractivity contribution < 1.29 is 47.0 Å². The van der Waals surface area contributed by atoms with Crippen molar-refractivity contribution in [1.29, 1.82) is 0 Å². The molecule has 5 rings (SSSR count). The quantitative estimate of drug-likeness (QED) is 0.305. The van der Waals surface area contributed by atoms with E-state index < -0.39 is 41.5 Å². The SMILES string of the molecule is CCN(C[C@H]1N[C@@](Cc2ccccc2)(C(=O)OC)[C@H]2C(=O)N(Cc3ccccc3)C(=O)[C@@H]12)C(=O)C1CCCCC1.O=C(O)C(F)(F)F. The van der Waals surface area contributed by atoms with Crippen LogP contribution in [0.25, 0.3) is 0 Å². The lowest BCUT2D eigenvalue weighted by Crippen LogP contribution is -2.60. The lowest BCUT2D eigenvalue weighted by molar-refractivity contribution is -0.192. The lowest BCUT2D eigenvalue weighted by atomic mass is 9.76. The highest BCUT2D eigenvalue weighted by Gasteiger charge is 2.68. The van der Waals surface area contributed by atoms with Crippen LogP contribution in [0.15, 0.2) is 60.7 Å². The van der Waals surface area contributed by atoms with Gasteiger partial charge in [0.05, 0.1) is 25.5 Å². The number of fused-ring (bicyclic) bond motifs is 1. The number of rotatable bonds is 9. The first-order valence-corrected chi connectivity index (χ1v) is 15.7. The average Bonchev–Trinajstić information content (AvgIpc) is 3.52. The number of aliphatic carboxylic acids is 1. The fourth-order valence-corrected chi connectivity index (χ4v) is 7.00. The Balaban J connectivity index is 0.000000644. The molecule has 1 saturated carbocycles. The number of methoxy groups -OCH3 is 1. The van der Waals surface area contributed by atoms with Gasteiger partial charge in [0.25, 0.3) is 0 Å². The third kappa shape index (κ3) is 7.83. The zero-order chi connectivity index (χ0) is 34.4. The second kappa shape index (κ2) is 15.1. The molecule has 0 spiro atoms. The van der Waals surface area contributed by atoms with Crippen LogP contribution >= 0.6 is 0 Å². The number of likely N-dealkylation sites (tertiary alicyclic amines) is 1. The number of benzene rings is 2. The fraction of sp³-hybridized carbons (Fsp3) is 0.500. The van der Waals surface area contributed by atoms with E-state index in [0.717, 1.165) is 43.2 Å². The molecule has 4 atom stereocenters. The third-order valence-electron chi connectivity index (χ3n) is 9.22. The Bertz CT molecular complexity index is 1430. The molecule has 0 aromatic heterocycles. The number of carbonyl (C=O) groups is 5. The van der Waals surface area contributed by atoms with E-state index in [2.05, 4.69) is 5.32 Å². The predicted octanol–water partition coefficient (Wildman–Crippen LogP) is 3.98. The molecule has 1 aliphatic carbocycles. The molecule has 2 heterocycles. The summed E-state index contributed by atoms with van der Waals surface area (Å²) < 4.78 is 37.0. The minimum atomic E-state index is -5.08. The summed E-state index contributed by atoms with van der Waals surface area (Å²) in [6.45, 7) is 2.82. The summed E-state index contributed by atoms with van der Waals surface area (Å²) in [6.07, 6.45) is 0.107. The molecule has 254 valence electrons. The van der Waals surface area contributed by atoms with E-state index in [1.165, 1.54) is 12.0 Å². The van der Waals surface area contributed by atoms with E-state index in [-0.39, 0.29) is 43.1 Å². The number of nitrogens with zero attached hydrogens (tertiary/aromatic N) is 2. The molecular formula is C34H40F3N3O7. The Labute approximate surface area is 271 Å². The Morgan fingerprint density at radius 2 is 1.51 bits per heavy atom. The number of nitrogens with one attached hydrogen (secondary N) is 1. The Morgan fingerprint density at radius 1 is 0.957 bits per heavy atom. The highest BCUT2D eigenvalue weighted by Crippen LogP contribution is 2.46. The highest BCUT2D eigenvalue weighted by molar-refractivity contribution is 6.09. The summed E-state index contributed by atoms with van der Waals surface area (Å²) in [6, 6.07) is 18.3. The first kappa shape index (κ1) is 35.6. The van der Waals surface area contributed by atoms with Crippen molar-refractivity contribution in [2.75, 3.05) is 20.2 Å². The number of halogens is 3. The van der Waals surface area contributed by atoms with Crippen LogP contribution in [0, 0.1) is 17.8 Å². The third-order valence-corrected chi connectivity index (χ3v) is 9.22. The van der Waals surface area contributed by atoms with Gasteiger partial charge in [0.15, 0.2) is 0 Å². The van der Waals surface area contributed by atoms with Crippen molar-refractivity contribution in [3.8, 4) is 0 Å². The van der Waals surface area contributed by atoms with Crippen molar-refractivity contribution in [3.63, 3.8) is 0 Å². The van der Waals surface area contributed by atoms with Crippen molar-refractivity contribution in [2.45, 2.75) is 69.8 Å². The maximum absolute atomic E-state index is 14.1. The molecule has 0 radical (unpaired) electrons. The molecule has 10 nitrogen and oxygen atoms in total. The van der Waals surface area contributed by atoms with Gasteiger partial charge in [-0.3, -0.25) is 29.4 Å². The number of hydrogen-bond acceptors (Lipinski definition) is 7. The number of alkyl halides is 3. The normalized spacial score (nSPS) is 24.3. The van der Waals surface area contributed by atoms with E-state index in [9.17, 15) is 32.3 Å². The zero-order valence-electron chi connectivity index (χ0n) is 26.4.